The first-order chi connectivity index (χ1) is 8.58. The number of benzene rings is 1. The van der Waals surface area contributed by atoms with E-state index < -0.39 is 22.8 Å². The second-order valence-electron chi connectivity index (χ2n) is 4.46. The maximum Gasteiger partial charge on any atom is 0.133 e. The summed E-state index contributed by atoms with van der Waals surface area (Å²) in [5, 5.41) is -0.796. The van der Waals surface area contributed by atoms with Gasteiger partial charge in [-0.2, -0.15) is 0 Å². The Balaban J connectivity index is 2.01. The highest BCUT2D eigenvalue weighted by Gasteiger charge is 2.22. The van der Waals surface area contributed by atoms with Crippen molar-refractivity contribution < 1.29 is 17.9 Å². The standard InChI is InChI=1S/C13H14ClF3O/c14-10(4-3-9-2-1-5-18-9)13-11(16)6-8(15)7-12(13)17/h6-7,9-10H,1-5H2. The molecule has 1 fully saturated rings. The van der Waals surface area contributed by atoms with Crippen LogP contribution in [0.2, 0.25) is 0 Å². The molecule has 18 heavy (non-hydrogen) atoms. The van der Waals surface area contributed by atoms with Crippen LogP contribution in [0.3, 0.4) is 0 Å². The van der Waals surface area contributed by atoms with Gasteiger partial charge in [-0.3, -0.25) is 0 Å². The van der Waals surface area contributed by atoms with Crippen LogP contribution in [0.25, 0.3) is 0 Å². The molecule has 0 aliphatic carbocycles. The minimum atomic E-state index is -0.934. The first-order valence-electron chi connectivity index (χ1n) is 5.98. The lowest BCUT2D eigenvalue weighted by Gasteiger charge is -2.14. The van der Waals surface area contributed by atoms with E-state index in [0.29, 0.717) is 25.0 Å². The molecule has 1 aromatic carbocycles. The fourth-order valence-electron chi connectivity index (χ4n) is 2.20. The van der Waals surface area contributed by atoms with E-state index in [0.717, 1.165) is 19.4 Å². The Morgan fingerprint density at radius 1 is 1.28 bits per heavy atom. The van der Waals surface area contributed by atoms with Gasteiger partial charge in [0, 0.05) is 24.3 Å². The van der Waals surface area contributed by atoms with E-state index in [2.05, 4.69) is 0 Å². The van der Waals surface area contributed by atoms with Gasteiger partial charge >= 0.3 is 0 Å². The van der Waals surface area contributed by atoms with Gasteiger partial charge in [-0.1, -0.05) is 0 Å². The molecule has 0 aromatic heterocycles. The van der Waals surface area contributed by atoms with Gasteiger partial charge in [0.25, 0.3) is 0 Å². The van der Waals surface area contributed by atoms with Crippen LogP contribution in [-0.4, -0.2) is 12.7 Å². The normalized spacial score (nSPS) is 21.2. The van der Waals surface area contributed by atoms with Gasteiger partial charge in [-0.25, -0.2) is 13.2 Å². The second-order valence-corrected chi connectivity index (χ2v) is 4.99. The van der Waals surface area contributed by atoms with Crippen molar-refractivity contribution in [2.24, 2.45) is 0 Å². The number of halogens is 4. The predicted octanol–water partition coefficient (Wildman–Crippen LogP) is 4.34. The molecule has 0 bridgehead atoms. The molecule has 2 rings (SSSR count). The Hall–Kier alpha value is -0.740. The van der Waals surface area contributed by atoms with Crippen LogP contribution >= 0.6 is 11.6 Å². The van der Waals surface area contributed by atoms with Crippen LogP contribution in [-0.2, 0) is 4.74 Å². The molecule has 2 unspecified atom stereocenters. The third-order valence-electron chi connectivity index (χ3n) is 3.12. The molecule has 1 aliphatic rings. The Morgan fingerprint density at radius 3 is 2.50 bits per heavy atom. The van der Waals surface area contributed by atoms with Gasteiger partial charge in [-0.15, -0.1) is 11.6 Å². The van der Waals surface area contributed by atoms with E-state index in [-0.39, 0.29) is 11.7 Å². The van der Waals surface area contributed by atoms with Crippen LogP contribution in [0, 0.1) is 17.5 Å². The summed E-state index contributed by atoms with van der Waals surface area (Å²) in [4.78, 5) is 0. The predicted molar refractivity (Wildman–Crippen MR) is 63.1 cm³/mol. The zero-order valence-electron chi connectivity index (χ0n) is 9.77. The minimum absolute atomic E-state index is 0.123. The third kappa shape index (κ3) is 3.18. The van der Waals surface area contributed by atoms with Crippen molar-refractivity contribution in [2.45, 2.75) is 37.2 Å². The number of rotatable bonds is 4. The highest BCUT2D eigenvalue weighted by molar-refractivity contribution is 6.20. The maximum atomic E-state index is 13.5. The Kier molecular flexibility index (Phi) is 4.51. The van der Waals surface area contributed by atoms with Crippen molar-refractivity contribution in [3.8, 4) is 0 Å². The monoisotopic (exact) mass is 278 g/mol. The molecule has 100 valence electrons. The molecule has 1 heterocycles. The third-order valence-corrected chi connectivity index (χ3v) is 3.56. The lowest BCUT2D eigenvalue weighted by atomic mass is 10.0. The summed E-state index contributed by atoms with van der Waals surface area (Å²) in [5.74, 6) is -2.79. The summed E-state index contributed by atoms with van der Waals surface area (Å²) < 4.78 is 45.1. The first-order valence-corrected chi connectivity index (χ1v) is 6.41. The quantitative estimate of drug-likeness (QED) is 0.744. The van der Waals surface area contributed by atoms with E-state index in [1.165, 1.54) is 0 Å². The number of hydrogen-bond acceptors (Lipinski definition) is 1. The lowest BCUT2D eigenvalue weighted by Crippen LogP contribution is -2.08. The van der Waals surface area contributed by atoms with Gasteiger partial charge in [0.05, 0.1) is 11.5 Å². The molecule has 0 amide bonds. The summed E-state index contributed by atoms with van der Waals surface area (Å²) in [6, 6.07) is 1.31. The van der Waals surface area contributed by atoms with Gasteiger partial charge in [0.15, 0.2) is 0 Å². The van der Waals surface area contributed by atoms with Crippen molar-refractivity contribution in [1.82, 2.24) is 0 Å². The van der Waals surface area contributed by atoms with Crippen molar-refractivity contribution in [3.05, 3.63) is 35.1 Å². The van der Waals surface area contributed by atoms with Crippen LogP contribution in [0.4, 0.5) is 13.2 Å². The van der Waals surface area contributed by atoms with Crippen molar-refractivity contribution in [2.75, 3.05) is 6.61 Å². The van der Waals surface area contributed by atoms with E-state index in [9.17, 15) is 13.2 Å². The van der Waals surface area contributed by atoms with E-state index in [1.54, 1.807) is 0 Å². The molecule has 0 saturated carbocycles. The Bertz CT molecular complexity index is 396. The van der Waals surface area contributed by atoms with Crippen molar-refractivity contribution >= 4 is 11.6 Å². The highest BCUT2D eigenvalue weighted by atomic mass is 35.5. The summed E-state index contributed by atoms with van der Waals surface area (Å²) in [6.07, 6.45) is 3.16. The topological polar surface area (TPSA) is 9.23 Å². The number of hydrogen-bond donors (Lipinski definition) is 0. The van der Waals surface area contributed by atoms with E-state index in [4.69, 9.17) is 16.3 Å². The van der Waals surface area contributed by atoms with Gasteiger partial charge in [0.2, 0.25) is 0 Å². The van der Waals surface area contributed by atoms with Gasteiger partial charge in [0.1, 0.15) is 17.5 Å². The maximum absolute atomic E-state index is 13.5. The summed E-state index contributed by atoms with van der Waals surface area (Å²) in [5.41, 5.74) is -0.254. The Morgan fingerprint density at radius 2 is 1.94 bits per heavy atom. The van der Waals surface area contributed by atoms with Gasteiger partial charge in [-0.05, 0) is 25.7 Å². The minimum Gasteiger partial charge on any atom is -0.378 e. The van der Waals surface area contributed by atoms with Crippen molar-refractivity contribution in [3.63, 3.8) is 0 Å². The molecular weight excluding hydrogens is 265 g/mol. The van der Waals surface area contributed by atoms with Crippen LogP contribution in [0.1, 0.15) is 36.6 Å². The summed E-state index contributed by atoms with van der Waals surface area (Å²) in [6.45, 7) is 0.733. The molecule has 2 atom stereocenters. The SMILES string of the molecule is Fc1cc(F)c(C(Cl)CCC2CCCO2)c(F)c1. The van der Waals surface area contributed by atoms with Gasteiger partial charge < -0.3 is 4.74 Å². The average Bonchev–Trinajstić information content (AvgIpc) is 2.77. The van der Waals surface area contributed by atoms with E-state index in [1.807, 2.05) is 0 Å². The van der Waals surface area contributed by atoms with Crippen LogP contribution in [0.5, 0.6) is 0 Å². The molecule has 1 saturated heterocycles. The number of ether oxygens (including phenoxy) is 1. The average molecular weight is 279 g/mol. The molecule has 1 aliphatic heterocycles. The zero-order valence-corrected chi connectivity index (χ0v) is 10.5. The van der Waals surface area contributed by atoms with Crippen molar-refractivity contribution in [1.29, 1.82) is 0 Å². The first kappa shape index (κ1) is 13.7. The second kappa shape index (κ2) is 5.93. The molecule has 1 nitrogen and oxygen atoms in total. The molecular formula is C13H14ClF3O. The lowest BCUT2D eigenvalue weighted by molar-refractivity contribution is 0.102. The molecule has 0 spiro atoms. The fourth-order valence-corrected chi connectivity index (χ4v) is 2.54. The summed E-state index contributed by atoms with van der Waals surface area (Å²) >= 11 is 5.99. The molecule has 0 radical (unpaired) electrons. The number of alkyl halides is 1. The smallest absolute Gasteiger partial charge is 0.133 e. The van der Waals surface area contributed by atoms with E-state index >= 15 is 0 Å². The fraction of sp³-hybridized carbons (Fsp3) is 0.538. The van der Waals surface area contributed by atoms with Crippen LogP contribution < -0.4 is 0 Å². The van der Waals surface area contributed by atoms with Crippen LogP contribution in [0.15, 0.2) is 12.1 Å². The molecule has 0 N–H and O–H groups in total. The Labute approximate surface area is 109 Å². The molecule has 1 aromatic rings. The summed E-state index contributed by atoms with van der Waals surface area (Å²) in [7, 11) is 0. The zero-order chi connectivity index (χ0) is 13.1. The largest absolute Gasteiger partial charge is 0.378 e. The molecule has 5 heteroatoms. The highest BCUT2D eigenvalue weighted by Crippen LogP contribution is 2.32.